The summed E-state index contributed by atoms with van der Waals surface area (Å²) in [5.41, 5.74) is 0.545. The summed E-state index contributed by atoms with van der Waals surface area (Å²) in [6.45, 7) is 2.51. The molecular formula is C13H21FN2O3. The molecule has 0 fully saturated rings. The number of ether oxygens (including phenoxy) is 3. The predicted molar refractivity (Wildman–Crippen MR) is 69.8 cm³/mol. The molecule has 19 heavy (non-hydrogen) atoms. The van der Waals surface area contributed by atoms with E-state index in [4.69, 9.17) is 14.2 Å². The molecule has 0 aliphatic rings. The molecule has 0 saturated heterocycles. The van der Waals surface area contributed by atoms with Gasteiger partial charge in [0, 0.05) is 38.4 Å². The Morgan fingerprint density at radius 1 is 1.26 bits per heavy atom. The Morgan fingerprint density at radius 2 is 2.11 bits per heavy atom. The highest BCUT2D eigenvalue weighted by atomic mass is 19.1. The molecule has 108 valence electrons. The van der Waals surface area contributed by atoms with Gasteiger partial charge in [-0.15, -0.1) is 0 Å². The van der Waals surface area contributed by atoms with E-state index in [9.17, 15) is 4.39 Å². The Bertz CT molecular complexity index is 364. The fourth-order valence-electron chi connectivity index (χ4n) is 1.46. The summed E-state index contributed by atoms with van der Waals surface area (Å²) in [5.74, 6) is -0.359. The number of hydrogen-bond acceptors (Lipinski definition) is 5. The molecule has 0 saturated carbocycles. The first-order chi connectivity index (χ1) is 9.29. The number of pyridine rings is 1. The molecule has 0 atom stereocenters. The molecule has 0 unspecified atom stereocenters. The van der Waals surface area contributed by atoms with Crippen molar-refractivity contribution in [2.45, 2.75) is 13.0 Å². The molecule has 0 aliphatic carbocycles. The highest BCUT2D eigenvalue weighted by Gasteiger charge is 2.09. The Balaban J connectivity index is 2.27. The van der Waals surface area contributed by atoms with E-state index in [-0.39, 0.29) is 5.88 Å². The van der Waals surface area contributed by atoms with E-state index >= 15 is 0 Å². The highest BCUT2D eigenvalue weighted by Crippen LogP contribution is 2.17. The number of halogens is 1. The van der Waals surface area contributed by atoms with Gasteiger partial charge in [-0.1, -0.05) is 0 Å². The third-order valence-electron chi connectivity index (χ3n) is 2.41. The van der Waals surface area contributed by atoms with Crippen molar-refractivity contribution in [3.05, 3.63) is 23.6 Å². The Morgan fingerprint density at radius 3 is 2.84 bits per heavy atom. The number of aromatic nitrogens is 1. The topological polar surface area (TPSA) is 52.6 Å². The lowest BCUT2D eigenvalue weighted by Crippen LogP contribution is -2.10. The summed E-state index contributed by atoms with van der Waals surface area (Å²) < 4.78 is 29.3. The van der Waals surface area contributed by atoms with Gasteiger partial charge in [-0.25, -0.2) is 9.37 Å². The van der Waals surface area contributed by atoms with Crippen LogP contribution < -0.4 is 10.1 Å². The number of methoxy groups -OCH3 is 1. The molecule has 0 aliphatic heterocycles. The second kappa shape index (κ2) is 9.66. The zero-order chi connectivity index (χ0) is 13.9. The minimum absolute atomic E-state index is 0.0460. The van der Waals surface area contributed by atoms with Crippen LogP contribution in [0.4, 0.5) is 4.39 Å². The maximum Gasteiger partial charge on any atom is 0.250 e. The maximum atomic E-state index is 13.9. The van der Waals surface area contributed by atoms with Crippen molar-refractivity contribution in [2.75, 3.05) is 40.6 Å². The third kappa shape index (κ3) is 5.96. The van der Waals surface area contributed by atoms with Crippen LogP contribution in [0.3, 0.4) is 0 Å². The van der Waals surface area contributed by atoms with Gasteiger partial charge >= 0.3 is 0 Å². The van der Waals surface area contributed by atoms with Gasteiger partial charge in [-0.05, 0) is 13.1 Å². The van der Waals surface area contributed by atoms with Crippen LogP contribution in [0.1, 0.15) is 12.0 Å². The van der Waals surface area contributed by atoms with Crippen molar-refractivity contribution in [1.29, 1.82) is 0 Å². The molecule has 0 bridgehead atoms. The molecule has 0 radical (unpaired) electrons. The van der Waals surface area contributed by atoms with Crippen molar-refractivity contribution in [3.8, 4) is 5.88 Å². The first kappa shape index (κ1) is 15.8. The van der Waals surface area contributed by atoms with Gasteiger partial charge in [0.2, 0.25) is 0 Å². The Labute approximate surface area is 113 Å². The van der Waals surface area contributed by atoms with Gasteiger partial charge in [-0.2, -0.15) is 0 Å². The van der Waals surface area contributed by atoms with E-state index in [1.54, 1.807) is 26.4 Å². The van der Waals surface area contributed by atoms with Gasteiger partial charge in [0.25, 0.3) is 5.88 Å². The highest BCUT2D eigenvalue weighted by molar-refractivity contribution is 5.23. The summed E-state index contributed by atoms with van der Waals surface area (Å²) in [4.78, 5) is 3.88. The molecule has 6 heteroatoms. The van der Waals surface area contributed by atoms with E-state index in [1.807, 2.05) is 0 Å². The minimum atomic E-state index is -0.405. The number of nitrogens with zero attached hydrogens (tertiary/aromatic N) is 1. The molecule has 1 aromatic heterocycles. The number of hydrogen-bond donors (Lipinski definition) is 1. The average Bonchev–Trinajstić information content (AvgIpc) is 2.42. The lowest BCUT2D eigenvalue weighted by atomic mass is 10.2. The maximum absolute atomic E-state index is 13.9. The van der Waals surface area contributed by atoms with Crippen molar-refractivity contribution < 1.29 is 18.6 Å². The smallest absolute Gasteiger partial charge is 0.250 e. The zero-order valence-corrected chi connectivity index (χ0v) is 11.4. The number of nitrogens with one attached hydrogen (secondary N) is 1. The minimum Gasteiger partial charge on any atom is -0.475 e. The van der Waals surface area contributed by atoms with E-state index < -0.39 is 5.82 Å². The van der Waals surface area contributed by atoms with Crippen molar-refractivity contribution in [3.63, 3.8) is 0 Å². The molecule has 0 spiro atoms. The van der Waals surface area contributed by atoms with Crippen LogP contribution >= 0.6 is 0 Å². The average molecular weight is 272 g/mol. The largest absolute Gasteiger partial charge is 0.475 e. The zero-order valence-electron chi connectivity index (χ0n) is 11.4. The third-order valence-corrected chi connectivity index (χ3v) is 2.41. The van der Waals surface area contributed by atoms with E-state index in [2.05, 4.69) is 10.3 Å². The van der Waals surface area contributed by atoms with Crippen LogP contribution in [0, 0.1) is 5.82 Å². The van der Waals surface area contributed by atoms with Crippen molar-refractivity contribution in [2.24, 2.45) is 0 Å². The van der Waals surface area contributed by atoms with Crippen LogP contribution in [0.5, 0.6) is 5.88 Å². The summed E-state index contributed by atoms with van der Waals surface area (Å²) in [5, 5.41) is 2.89. The lowest BCUT2D eigenvalue weighted by molar-refractivity contribution is 0.0639. The normalized spacial score (nSPS) is 10.7. The second-order valence-corrected chi connectivity index (χ2v) is 3.93. The molecule has 0 aromatic carbocycles. The molecule has 0 amide bonds. The molecule has 1 rings (SSSR count). The van der Waals surface area contributed by atoms with Crippen LogP contribution in [0.15, 0.2) is 12.3 Å². The van der Waals surface area contributed by atoms with E-state index in [0.29, 0.717) is 45.0 Å². The molecule has 1 N–H and O–H groups in total. The first-order valence-electron chi connectivity index (χ1n) is 6.27. The first-order valence-corrected chi connectivity index (χ1v) is 6.27. The van der Waals surface area contributed by atoms with Gasteiger partial charge < -0.3 is 19.5 Å². The fourth-order valence-corrected chi connectivity index (χ4v) is 1.46. The Hall–Kier alpha value is -1.24. The quantitative estimate of drug-likeness (QED) is 0.652. The van der Waals surface area contributed by atoms with Crippen LogP contribution in [-0.2, 0) is 16.0 Å². The second-order valence-electron chi connectivity index (χ2n) is 3.93. The van der Waals surface area contributed by atoms with Gasteiger partial charge in [0.15, 0.2) is 5.82 Å². The molecule has 5 nitrogen and oxygen atoms in total. The van der Waals surface area contributed by atoms with Gasteiger partial charge in [-0.3, -0.25) is 0 Å². The summed E-state index contributed by atoms with van der Waals surface area (Å²) in [6, 6.07) is 1.63. The lowest BCUT2D eigenvalue weighted by Gasteiger charge is -2.09. The molecule has 1 aromatic rings. The fraction of sp³-hybridized carbons (Fsp3) is 0.615. The van der Waals surface area contributed by atoms with Gasteiger partial charge in [0.1, 0.15) is 0 Å². The van der Waals surface area contributed by atoms with E-state index in [1.165, 1.54) is 0 Å². The molecule has 1 heterocycles. The van der Waals surface area contributed by atoms with Crippen molar-refractivity contribution in [1.82, 2.24) is 10.3 Å². The summed E-state index contributed by atoms with van der Waals surface area (Å²) in [6.07, 6.45) is 2.22. The van der Waals surface area contributed by atoms with Crippen molar-refractivity contribution >= 4 is 0 Å². The van der Waals surface area contributed by atoms with Crippen LogP contribution in [-0.4, -0.2) is 45.6 Å². The molecular weight excluding hydrogens is 251 g/mol. The van der Waals surface area contributed by atoms with E-state index in [0.717, 1.165) is 0 Å². The summed E-state index contributed by atoms with van der Waals surface area (Å²) in [7, 11) is 3.39. The van der Waals surface area contributed by atoms with Crippen LogP contribution in [0.25, 0.3) is 0 Å². The SMILES string of the molecule is CNCc1ccnc(OCCCOCCOC)c1F. The predicted octanol–water partition coefficient (Wildman–Crippen LogP) is 1.37. The monoisotopic (exact) mass is 272 g/mol. The number of rotatable bonds is 10. The van der Waals surface area contributed by atoms with Crippen LogP contribution in [0.2, 0.25) is 0 Å². The Kier molecular flexibility index (Phi) is 8.04. The summed E-state index contributed by atoms with van der Waals surface area (Å²) >= 11 is 0. The standard InChI is InChI=1S/C13H21FN2O3/c1-15-10-11-4-5-16-13(12(11)14)19-7-3-6-18-9-8-17-2/h4-5,15H,3,6-10H2,1-2H3. The van der Waals surface area contributed by atoms with Gasteiger partial charge in [0.05, 0.1) is 19.8 Å².